The zero-order valence-electron chi connectivity index (χ0n) is 25.3. The fraction of sp³-hybridized carbons (Fsp3) is 0.257. The van der Waals surface area contributed by atoms with Crippen LogP contribution in [0.25, 0.3) is 0 Å². The van der Waals surface area contributed by atoms with E-state index in [1.807, 2.05) is 6.07 Å². The van der Waals surface area contributed by atoms with E-state index in [4.69, 9.17) is 35.9 Å². The molecule has 240 valence electrons. The first kappa shape index (κ1) is 33.0. The first-order valence-corrected chi connectivity index (χ1v) is 16.8. The second-order valence-electron chi connectivity index (χ2n) is 10.8. The van der Waals surface area contributed by atoms with Crippen molar-refractivity contribution in [1.82, 2.24) is 5.32 Å². The van der Waals surface area contributed by atoms with Gasteiger partial charge in [-0.25, -0.2) is 13.4 Å². The number of nitrogens with zero attached hydrogens (tertiary/aromatic N) is 1. The van der Waals surface area contributed by atoms with Crippen LogP contribution < -0.4 is 14.8 Å². The van der Waals surface area contributed by atoms with E-state index >= 15 is 0 Å². The predicted octanol–water partition coefficient (Wildman–Crippen LogP) is 5.55. The number of hydrogen-bond acceptors (Lipinski definition) is 8. The van der Waals surface area contributed by atoms with Gasteiger partial charge in [-0.05, 0) is 71.8 Å². The third kappa shape index (κ3) is 7.70. The van der Waals surface area contributed by atoms with Crippen LogP contribution in [0.4, 0.5) is 0 Å². The van der Waals surface area contributed by atoms with Gasteiger partial charge in [0.05, 0.1) is 24.4 Å². The monoisotopic (exact) mass is 662 g/mol. The molecule has 4 aromatic rings. The Balaban J connectivity index is 1.56. The average molecular weight is 663 g/mol. The molecule has 0 saturated carbocycles. The Kier molecular flexibility index (Phi) is 10.6. The summed E-state index contributed by atoms with van der Waals surface area (Å²) in [6.07, 6.45) is -0.652. The van der Waals surface area contributed by atoms with Gasteiger partial charge in [0.2, 0.25) is 5.90 Å². The van der Waals surface area contributed by atoms with Gasteiger partial charge in [-0.15, -0.1) is 0 Å². The van der Waals surface area contributed by atoms with E-state index in [0.29, 0.717) is 40.7 Å². The van der Waals surface area contributed by atoms with Crippen LogP contribution in [0.2, 0.25) is 5.02 Å². The average Bonchev–Trinajstić information content (AvgIpc) is 3.48. The molecule has 0 aliphatic carbocycles. The highest BCUT2D eigenvalue weighted by atomic mass is 35.5. The van der Waals surface area contributed by atoms with Gasteiger partial charge in [0.1, 0.15) is 11.5 Å². The number of methoxy groups -OCH3 is 1. The van der Waals surface area contributed by atoms with Crippen LogP contribution >= 0.6 is 11.6 Å². The minimum atomic E-state index is -3.79. The van der Waals surface area contributed by atoms with E-state index in [1.165, 1.54) is 19.2 Å². The van der Waals surface area contributed by atoms with Crippen molar-refractivity contribution in [1.29, 1.82) is 0 Å². The Bertz CT molecular complexity index is 1780. The van der Waals surface area contributed by atoms with Crippen LogP contribution in [0.1, 0.15) is 35.6 Å². The lowest BCUT2D eigenvalue weighted by atomic mass is 9.85. The van der Waals surface area contributed by atoms with Crippen molar-refractivity contribution in [2.75, 3.05) is 26.1 Å². The molecule has 0 bridgehead atoms. The molecule has 2 N–H and O–H groups in total. The third-order valence-corrected chi connectivity index (χ3v) is 9.59. The summed E-state index contributed by atoms with van der Waals surface area (Å²) >= 11 is 6.18. The lowest BCUT2D eigenvalue weighted by Gasteiger charge is -2.31. The van der Waals surface area contributed by atoms with Gasteiger partial charge in [-0.2, -0.15) is 0 Å². The zero-order valence-corrected chi connectivity index (χ0v) is 26.8. The Morgan fingerprint density at radius 3 is 2.46 bits per heavy atom. The van der Waals surface area contributed by atoms with Crippen molar-refractivity contribution >= 4 is 33.2 Å². The van der Waals surface area contributed by atoms with Crippen molar-refractivity contribution in [3.8, 4) is 11.5 Å². The molecule has 9 nitrogen and oxygen atoms in total. The smallest absolute Gasteiger partial charge is 0.252 e. The number of halogens is 1. The molecule has 1 amide bonds. The number of aliphatic hydroxyl groups excluding tert-OH is 1. The maximum atomic E-state index is 14.4. The fourth-order valence-corrected chi connectivity index (χ4v) is 6.79. The van der Waals surface area contributed by atoms with E-state index in [2.05, 4.69) is 5.32 Å². The highest BCUT2D eigenvalue weighted by Gasteiger charge is 2.53. The SMILES string of the molecule is COc1cccc([C@H]2OC(c3ccc(OCCCO)cc3)=N[C@@]2(CCS(=O)(=O)c2ccccc2)C(=O)NCc2cccc(Cl)c2)c1. The summed E-state index contributed by atoms with van der Waals surface area (Å²) in [4.78, 5) is 19.5. The van der Waals surface area contributed by atoms with Gasteiger partial charge in [-0.3, -0.25) is 4.79 Å². The molecule has 0 aromatic heterocycles. The molecule has 1 heterocycles. The topological polar surface area (TPSA) is 124 Å². The number of carbonyl (C=O) groups excluding carboxylic acids is 1. The lowest BCUT2D eigenvalue weighted by molar-refractivity contribution is -0.129. The Hall–Kier alpha value is -4.38. The number of nitrogens with one attached hydrogen (secondary N) is 1. The number of benzene rings is 4. The second kappa shape index (κ2) is 14.8. The zero-order chi connectivity index (χ0) is 32.6. The van der Waals surface area contributed by atoms with Crippen molar-refractivity contribution in [3.63, 3.8) is 0 Å². The number of rotatable bonds is 14. The van der Waals surface area contributed by atoms with Gasteiger partial charge < -0.3 is 24.6 Å². The quantitative estimate of drug-likeness (QED) is 0.170. The number of amides is 1. The van der Waals surface area contributed by atoms with Crippen LogP contribution in [0.15, 0.2) is 113 Å². The van der Waals surface area contributed by atoms with Gasteiger partial charge in [0.15, 0.2) is 21.5 Å². The lowest BCUT2D eigenvalue weighted by Crippen LogP contribution is -2.49. The van der Waals surface area contributed by atoms with E-state index in [1.54, 1.807) is 84.9 Å². The van der Waals surface area contributed by atoms with Gasteiger partial charge in [0.25, 0.3) is 5.91 Å². The summed E-state index contributed by atoms with van der Waals surface area (Å²) in [7, 11) is -2.25. The second-order valence-corrected chi connectivity index (χ2v) is 13.3. The van der Waals surface area contributed by atoms with E-state index in [9.17, 15) is 13.2 Å². The highest BCUT2D eigenvalue weighted by Crippen LogP contribution is 2.44. The molecule has 0 unspecified atom stereocenters. The van der Waals surface area contributed by atoms with Crippen LogP contribution in [-0.4, -0.2) is 56.9 Å². The summed E-state index contributed by atoms with van der Waals surface area (Å²) < 4.78 is 44.7. The molecular formula is C35H35ClN2O7S. The van der Waals surface area contributed by atoms with Gasteiger partial charge >= 0.3 is 0 Å². The first-order chi connectivity index (χ1) is 22.2. The molecular weight excluding hydrogens is 628 g/mol. The van der Waals surface area contributed by atoms with E-state index in [-0.39, 0.29) is 36.1 Å². The summed E-state index contributed by atoms with van der Waals surface area (Å²) in [6, 6.07) is 29.4. The highest BCUT2D eigenvalue weighted by molar-refractivity contribution is 7.91. The molecule has 0 saturated heterocycles. The van der Waals surface area contributed by atoms with E-state index in [0.717, 1.165) is 5.56 Å². The molecule has 46 heavy (non-hydrogen) atoms. The van der Waals surface area contributed by atoms with Crippen LogP contribution in [-0.2, 0) is 25.9 Å². The molecule has 1 aliphatic rings. The largest absolute Gasteiger partial charge is 0.497 e. The maximum Gasteiger partial charge on any atom is 0.252 e. The normalized spacial score (nSPS) is 17.5. The molecule has 1 aliphatic heterocycles. The number of aliphatic imine (C=N–C) groups is 1. The molecule has 2 atom stereocenters. The number of aliphatic hydroxyl groups is 1. The van der Waals surface area contributed by atoms with Crippen molar-refractivity contribution in [2.24, 2.45) is 4.99 Å². The van der Waals surface area contributed by atoms with Crippen molar-refractivity contribution < 1.29 is 32.5 Å². The number of ether oxygens (including phenoxy) is 3. The molecule has 0 fully saturated rings. The summed E-state index contributed by atoms with van der Waals surface area (Å²) in [6.45, 7) is 0.523. The number of carbonyl (C=O) groups is 1. The Morgan fingerprint density at radius 1 is 0.978 bits per heavy atom. The third-order valence-electron chi connectivity index (χ3n) is 7.62. The molecule has 11 heteroatoms. The van der Waals surface area contributed by atoms with Gasteiger partial charge in [0, 0.05) is 36.6 Å². The summed E-state index contributed by atoms with van der Waals surface area (Å²) in [5.74, 6) is 0.468. The predicted molar refractivity (Wildman–Crippen MR) is 176 cm³/mol. The summed E-state index contributed by atoms with van der Waals surface area (Å²) in [5, 5.41) is 12.6. The van der Waals surface area contributed by atoms with Crippen LogP contribution in [0.3, 0.4) is 0 Å². The Morgan fingerprint density at radius 2 is 1.74 bits per heavy atom. The molecule has 0 spiro atoms. The summed E-state index contributed by atoms with van der Waals surface area (Å²) in [5.41, 5.74) is 0.277. The maximum absolute atomic E-state index is 14.4. The van der Waals surface area contributed by atoms with Gasteiger partial charge in [-0.1, -0.05) is 54.1 Å². The van der Waals surface area contributed by atoms with Crippen LogP contribution in [0, 0.1) is 0 Å². The van der Waals surface area contributed by atoms with Crippen LogP contribution in [0.5, 0.6) is 11.5 Å². The molecule has 0 radical (unpaired) electrons. The minimum Gasteiger partial charge on any atom is -0.497 e. The Labute approximate surface area is 273 Å². The fourth-order valence-electron chi connectivity index (χ4n) is 5.19. The number of sulfone groups is 1. The van der Waals surface area contributed by atoms with Crippen molar-refractivity contribution in [2.45, 2.75) is 35.9 Å². The standard InChI is InChI=1S/C35H35ClN2O7S/c1-43-30-11-6-9-27(23-30)32-35(18-21-46(41,42)31-12-3-2-4-13-31,34(40)37-24-25-8-5-10-28(36)22-25)38-33(45-32)26-14-16-29(17-15-26)44-20-7-19-39/h2-6,8-17,22-23,32,39H,7,18-21,24H2,1H3,(H,37,40)/t32-,35-/m1/s1. The van der Waals surface area contributed by atoms with Crippen molar-refractivity contribution in [3.05, 3.63) is 125 Å². The van der Waals surface area contributed by atoms with E-state index < -0.39 is 27.4 Å². The number of hydrogen-bond donors (Lipinski definition) is 2. The minimum absolute atomic E-state index is 0.0237. The molecule has 5 rings (SSSR count). The molecule has 4 aromatic carbocycles. The first-order valence-electron chi connectivity index (χ1n) is 14.8.